The number of primary amides is 1. The Balaban J connectivity index is 2.02. The quantitative estimate of drug-likeness (QED) is 0.848. The lowest BCUT2D eigenvalue weighted by Gasteiger charge is -2.19. The number of hydrogen-bond acceptors (Lipinski definition) is 4. The van der Waals surface area contributed by atoms with Crippen molar-refractivity contribution >= 4 is 11.9 Å². The van der Waals surface area contributed by atoms with Crippen molar-refractivity contribution in [2.75, 3.05) is 6.61 Å². The number of rotatable bonds is 5. The lowest BCUT2D eigenvalue weighted by molar-refractivity contribution is -0.137. The average molecular weight is 301 g/mol. The topological polar surface area (TPSA) is 78.6 Å². The molecule has 0 heterocycles. The zero-order valence-corrected chi connectivity index (χ0v) is 12.7. The molecule has 2 N–H and O–H groups in total. The Morgan fingerprint density at radius 2 is 2.14 bits per heavy atom. The number of benzene rings is 1. The van der Waals surface area contributed by atoms with Crippen LogP contribution < -0.4 is 10.5 Å². The standard InChI is InChI=1S/C17H19NO4/c1-11-6-7-13(8-16(11)22-12(2)19)10-21-15-5-3-4-14(9-15)17(18)20/h3-5,7-9,11H,6,10H2,1-2H3,(H2,18,20). The first-order valence-corrected chi connectivity index (χ1v) is 7.07. The highest BCUT2D eigenvalue weighted by Gasteiger charge is 2.17. The van der Waals surface area contributed by atoms with Crippen molar-refractivity contribution in [3.8, 4) is 5.75 Å². The van der Waals surface area contributed by atoms with E-state index in [1.54, 1.807) is 24.3 Å². The molecule has 0 fully saturated rings. The Morgan fingerprint density at radius 1 is 1.36 bits per heavy atom. The highest BCUT2D eigenvalue weighted by Crippen LogP contribution is 2.25. The number of nitrogens with two attached hydrogens (primary N) is 1. The van der Waals surface area contributed by atoms with Gasteiger partial charge in [0.15, 0.2) is 0 Å². The second kappa shape index (κ2) is 6.93. The number of amides is 1. The van der Waals surface area contributed by atoms with E-state index < -0.39 is 5.91 Å². The molecule has 5 heteroatoms. The molecule has 116 valence electrons. The van der Waals surface area contributed by atoms with E-state index in [-0.39, 0.29) is 11.9 Å². The number of esters is 1. The molecule has 1 aliphatic carbocycles. The van der Waals surface area contributed by atoms with Crippen LogP contribution in [0, 0.1) is 5.92 Å². The van der Waals surface area contributed by atoms with Crippen LogP contribution >= 0.6 is 0 Å². The molecule has 2 rings (SSSR count). The van der Waals surface area contributed by atoms with Gasteiger partial charge in [0.25, 0.3) is 0 Å². The first-order valence-electron chi connectivity index (χ1n) is 7.07. The molecular weight excluding hydrogens is 282 g/mol. The molecule has 0 aromatic heterocycles. The maximum Gasteiger partial charge on any atom is 0.307 e. The summed E-state index contributed by atoms with van der Waals surface area (Å²) in [5.74, 6) is 0.575. The second-order valence-corrected chi connectivity index (χ2v) is 5.24. The molecule has 1 aromatic rings. The largest absolute Gasteiger partial charge is 0.489 e. The summed E-state index contributed by atoms with van der Waals surface area (Å²) >= 11 is 0. The molecule has 0 saturated heterocycles. The van der Waals surface area contributed by atoms with Crippen LogP contribution in [0.2, 0.25) is 0 Å². The fraction of sp³-hybridized carbons (Fsp3) is 0.294. The molecule has 0 bridgehead atoms. The summed E-state index contributed by atoms with van der Waals surface area (Å²) in [6.45, 7) is 3.72. The summed E-state index contributed by atoms with van der Waals surface area (Å²) < 4.78 is 10.9. The molecule has 22 heavy (non-hydrogen) atoms. The summed E-state index contributed by atoms with van der Waals surface area (Å²) in [5, 5.41) is 0. The van der Waals surface area contributed by atoms with Gasteiger partial charge in [-0.15, -0.1) is 0 Å². The van der Waals surface area contributed by atoms with Gasteiger partial charge in [0.05, 0.1) is 0 Å². The normalized spacial score (nSPS) is 17.3. The Morgan fingerprint density at radius 3 is 2.82 bits per heavy atom. The van der Waals surface area contributed by atoms with Crippen LogP contribution in [0.3, 0.4) is 0 Å². The highest BCUT2D eigenvalue weighted by atomic mass is 16.5. The summed E-state index contributed by atoms with van der Waals surface area (Å²) in [6, 6.07) is 6.71. The van der Waals surface area contributed by atoms with Crippen molar-refractivity contribution < 1.29 is 19.1 Å². The summed E-state index contributed by atoms with van der Waals surface area (Å²) in [4.78, 5) is 22.2. The van der Waals surface area contributed by atoms with Gasteiger partial charge in [-0.1, -0.05) is 19.1 Å². The fourth-order valence-corrected chi connectivity index (χ4v) is 2.13. The Kier molecular flexibility index (Phi) is 4.99. The zero-order valence-electron chi connectivity index (χ0n) is 12.7. The van der Waals surface area contributed by atoms with Gasteiger partial charge >= 0.3 is 5.97 Å². The SMILES string of the molecule is CC(=O)OC1=CC(COc2cccc(C(N)=O)c2)=CCC1C. The van der Waals surface area contributed by atoms with Gasteiger partial charge in [-0.2, -0.15) is 0 Å². The molecule has 0 aliphatic heterocycles. The maximum atomic E-state index is 11.1. The van der Waals surface area contributed by atoms with Gasteiger partial charge < -0.3 is 15.2 Å². The van der Waals surface area contributed by atoms with Gasteiger partial charge in [0, 0.05) is 18.4 Å². The van der Waals surface area contributed by atoms with E-state index in [0.29, 0.717) is 23.7 Å². The number of hydrogen-bond donors (Lipinski definition) is 1. The molecule has 5 nitrogen and oxygen atoms in total. The molecule has 1 amide bonds. The van der Waals surface area contributed by atoms with E-state index in [0.717, 1.165) is 12.0 Å². The monoisotopic (exact) mass is 301 g/mol. The molecule has 0 radical (unpaired) electrons. The summed E-state index contributed by atoms with van der Waals surface area (Å²) in [6.07, 6.45) is 4.67. The summed E-state index contributed by atoms with van der Waals surface area (Å²) in [7, 11) is 0. The minimum absolute atomic E-state index is 0.172. The van der Waals surface area contributed by atoms with Gasteiger partial charge in [0.2, 0.25) is 5.91 Å². The van der Waals surface area contributed by atoms with Crippen molar-refractivity contribution in [1.82, 2.24) is 0 Å². The lowest BCUT2D eigenvalue weighted by Crippen LogP contribution is -2.13. The molecule has 1 aliphatic rings. The van der Waals surface area contributed by atoms with E-state index >= 15 is 0 Å². The van der Waals surface area contributed by atoms with Gasteiger partial charge in [-0.3, -0.25) is 9.59 Å². The van der Waals surface area contributed by atoms with E-state index in [9.17, 15) is 9.59 Å². The fourth-order valence-electron chi connectivity index (χ4n) is 2.13. The number of allylic oxidation sites excluding steroid dienone is 2. The minimum atomic E-state index is -0.492. The van der Waals surface area contributed by atoms with Crippen LogP contribution in [0.4, 0.5) is 0 Å². The van der Waals surface area contributed by atoms with Crippen LogP contribution in [-0.4, -0.2) is 18.5 Å². The molecule has 0 saturated carbocycles. The predicted molar refractivity (Wildman–Crippen MR) is 82.2 cm³/mol. The van der Waals surface area contributed by atoms with E-state index in [2.05, 4.69) is 6.08 Å². The lowest BCUT2D eigenvalue weighted by atomic mass is 9.96. The first-order chi connectivity index (χ1) is 10.5. The van der Waals surface area contributed by atoms with Crippen molar-refractivity contribution in [1.29, 1.82) is 0 Å². The molecule has 1 aromatic carbocycles. The predicted octanol–water partition coefficient (Wildman–Crippen LogP) is 2.58. The van der Waals surface area contributed by atoms with Gasteiger partial charge in [-0.05, 0) is 36.3 Å². The van der Waals surface area contributed by atoms with Crippen molar-refractivity contribution in [3.05, 3.63) is 53.3 Å². The second-order valence-electron chi connectivity index (χ2n) is 5.24. The Hall–Kier alpha value is -2.56. The smallest absolute Gasteiger partial charge is 0.307 e. The third kappa shape index (κ3) is 4.22. The Labute approximate surface area is 129 Å². The van der Waals surface area contributed by atoms with Crippen LogP contribution in [-0.2, 0) is 9.53 Å². The van der Waals surface area contributed by atoms with E-state index in [4.69, 9.17) is 15.2 Å². The van der Waals surface area contributed by atoms with E-state index in [1.165, 1.54) is 6.92 Å². The third-order valence-electron chi connectivity index (χ3n) is 3.33. The highest BCUT2D eigenvalue weighted by molar-refractivity contribution is 5.93. The molecular formula is C17H19NO4. The molecule has 1 atom stereocenters. The minimum Gasteiger partial charge on any atom is -0.489 e. The zero-order chi connectivity index (χ0) is 16.1. The number of ether oxygens (including phenoxy) is 2. The van der Waals surface area contributed by atoms with Gasteiger partial charge in [-0.25, -0.2) is 0 Å². The van der Waals surface area contributed by atoms with Crippen LogP contribution in [0.15, 0.2) is 47.7 Å². The van der Waals surface area contributed by atoms with Gasteiger partial charge in [0.1, 0.15) is 18.1 Å². The summed E-state index contributed by atoms with van der Waals surface area (Å²) in [5.41, 5.74) is 6.57. The molecule has 1 unspecified atom stereocenters. The van der Waals surface area contributed by atoms with Crippen molar-refractivity contribution in [2.24, 2.45) is 11.7 Å². The van der Waals surface area contributed by atoms with Crippen LogP contribution in [0.25, 0.3) is 0 Å². The number of carbonyl (C=O) groups is 2. The van der Waals surface area contributed by atoms with Crippen molar-refractivity contribution in [2.45, 2.75) is 20.3 Å². The van der Waals surface area contributed by atoms with Crippen LogP contribution in [0.1, 0.15) is 30.6 Å². The first kappa shape index (κ1) is 15.8. The maximum absolute atomic E-state index is 11.1. The third-order valence-corrected chi connectivity index (χ3v) is 3.33. The number of carbonyl (C=O) groups excluding carboxylic acids is 2. The average Bonchev–Trinajstić information content (AvgIpc) is 2.48. The van der Waals surface area contributed by atoms with E-state index in [1.807, 2.05) is 13.0 Å². The molecule has 0 spiro atoms. The Bertz CT molecular complexity index is 646. The van der Waals surface area contributed by atoms with Crippen molar-refractivity contribution in [3.63, 3.8) is 0 Å². The van der Waals surface area contributed by atoms with Crippen LogP contribution in [0.5, 0.6) is 5.75 Å².